The molecule has 0 heterocycles. The van der Waals surface area contributed by atoms with Gasteiger partial charge in [-0.1, -0.05) is 13.8 Å². The van der Waals surface area contributed by atoms with E-state index in [4.69, 9.17) is 5.11 Å². The number of hydrogen-bond acceptors (Lipinski definition) is 3. The fourth-order valence-electron chi connectivity index (χ4n) is 1.00. The molecule has 0 saturated carbocycles. The SMILES string of the molecule is CCC(CNC(=O)NCC(C)SC)C(=O)O. The van der Waals surface area contributed by atoms with Gasteiger partial charge in [0.1, 0.15) is 0 Å². The molecule has 0 bridgehead atoms. The van der Waals surface area contributed by atoms with Gasteiger partial charge in [0.25, 0.3) is 0 Å². The number of hydrogen-bond donors (Lipinski definition) is 3. The smallest absolute Gasteiger partial charge is 0.314 e. The van der Waals surface area contributed by atoms with Crippen LogP contribution in [0.4, 0.5) is 4.79 Å². The van der Waals surface area contributed by atoms with E-state index in [9.17, 15) is 9.59 Å². The van der Waals surface area contributed by atoms with E-state index in [0.717, 1.165) is 0 Å². The van der Waals surface area contributed by atoms with Crippen LogP contribution in [0.3, 0.4) is 0 Å². The van der Waals surface area contributed by atoms with Crippen molar-refractivity contribution in [1.82, 2.24) is 10.6 Å². The van der Waals surface area contributed by atoms with Crippen LogP contribution in [-0.4, -0.2) is 41.7 Å². The van der Waals surface area contributed by atoms with Crippen molar-refractivity contribution in [2.24, 2.45) is 5.92 Å². The first-order valence-corrected chi connectivity index (χ1v) is 6.57. The normalized spacial score (nSPS) is 13.9. The van der Waals surface area contributed by atoms with Gasteiger partial charge in [0.2, 0.25) is 0 Å². The second-order valence-corrected chi connectivity index (χ2v) is 4.86. The summed E-state index contributed by atoms with van der Waals surface area (Å²) >= 11 is 1.66. The summed E-state index contributed by atoms with van der Waals surface area (Å²) in [5.41, 5.74) is 0. The summed E-state index contributed by atoms with van der Waals surface area (Å²) in [7, 11) is 0. The predicted molar refractivity (Wildman–Crippen MR) is 65.8 cm³/mol. The molecule has 0 aromatic carbocycles. The van der Waals surface area contributed by atoms with E-state index in [1.54, 1.807) is 18.7 Å². The van der Waals surface area contributed by atoms with E-state index in [1.165, 1.54) is 0 Å². The number of urea groups is 1. The summed E-state index contributed by atoms with van der Waals surface area (Å²) in [6.45, 7) is 4.55. The zero-order valence-electron chi connectivity index (χ0n) is 9.95. The Morgan fingerprint density at radius 1 is 1.31 bits per heavy atom. The highest BCUT2D eigenvalue weighted by atomic mass is 32.2. The molecular weight excluding hydrogens is 228 g/mol. The van der Waals surface area contributed by atoms with Gasteiger partial charge in [-0.15, -0.1) is 0 Å². The molecule has 0 spiro atoms. The summed E-state index contributed by atoms with van der Waals surface area (Å²) in [4.78, 5) is 22.0. The lowest BCUT2D eigenvalue weighted by Crippen LogP contribution is -2.41. The van der Waals surface area contributed by atoms with Crippen LogP contribution in [0.15, 0.2) is 0 Å². The first kappa shape index (κ1) is 15.1. The third-order valence-corrected chi connectivity index (χ3v) is 3.27. The highest BCUT2D eigenvalue weighted by molar-refractivity contribution is 7.99. The van der Waals surface area contributed by atoms with Crippen LogP contribution in [-0.2, 0) is 4.79 Å². The van der Waals surface area contributed by atoms with Crippen molar-refractivity contribution in [3.63, 3.8) is 0 Å². The van der Waals surface area contributed by atoms with Gasteiger partial charge in [-0.25, -0.2) is 4.79 Å². The molecule has 2 amide bonds. The minimum absolute atomic E-state index is 0.172. The average Bonchev–Trinajstić information content (AvgIpc) is 2.26. The van der Waals surface area contributed by atoms with Gasteiger partial charge in [-0.3, -0.25) is 4.79 Å². The number of amides is 2. The summed E-state index contributed by atoms with van der Waals surface area (Å²) in [5, 5.41) is 14.4. The molecule has 0 aromatic heterocycles. The fourth-order valence-corrected chi connectivity index (χ4v) is 1.25. The molecule has 2 atom stereocenters. The number of carbonyl (C=O) groups excluding carboxylic acids is 1. The molecule has 0 saturated heterocycles. The zero-order valence-corrected chi connectivity index (χ0v) is 10.8. The summed E-state index contributed by atoms with van der Waals surface area (Å²) in [6, 6.07) is -0.305. The van der Waals surface area contributed by atoms with Crippen LogP contribution in [0.25, 0.3) is 0 Å². The number of rotatable bonds is 7. The van der Waals surface area contributed by atoms with E-state index in [0.29, 0.717) is 18.2 Å². The largest absolute Gasteiger partial charge is 0.481 e. The molecule has 0 rings (SSSR count). The minimum Gasteiger partial charge on any atom is -0.481 e. The van der Waals surface area contributed by atoms with Crippen LogP contribution < -0.4 is 10.6 Å². The molecule has 0 aliphatic rings. The molecule has 0 aromatic rings. The van der Waals surface area contributed by atoms with Gasteiger partial charge in [0.05, 0.1) is 5.92 Å². The summed E-state index contributed by atoms with van der Waals surface area (Å²) in [5.74, 6) is -1.39. The molecule has 2 unspecified atom stereocenters. The molecule has 0 aliphatic carbocycles. The van der Waals surface area contributed by atoms with Crippen molar-refractivity contribution in [3.05, 3.63) is 0 Å². The molecular formula is C10H20N2O3S. The van der Waals surface area contributed by atoms with E-state index in [2.05, 4.69) is 10.6 Å². The maximum absolute atomic E-state index is 11.3. The van der Waals surface area contributed by atoms with Crippen molar-refractivity contribution in [1.29, 1.82) is 0 Å². The number of carbonyl (C=O) groups is 2. The predicted octanol–water partition coefficient (Wildman–Crippen LogP) is 1.15. The van der Waals surface area contributed by atoms with E-state index in [1.807, 2.05) is 13.2 Å². The highest BCUT2D eigenvalue weighted by Crippen LogP contribution is 2.02. The van der Waals surface area contributed by atoms with Crippen molar-refractivity contribution < 1.29 is 14.7 Å². The van der Waals surface area contributed by atoms with Crippen LogP contribution in [0, 0.1) is 5.92 Å². The van der Waals surface area contributed by atoms with Crippen molar-refractivity contribution in [2.75, 3.05) is 19.3 Å². The quantitative estimate of drug-likeness (QED) is 0.631. The standard InChI is InChI=1S/C10H20N2O3S/c1-4-8(9(13)14)6-12-10(15)11-5-7(2)16-3/h7-8H,4-6H2,1-3H3,(H,13,14)(H2,11,12,15). The van der Waals surface area contributed by atoms with Crippen LogP contribution in [0.5, 0.6) is 0 Å². The maximum Gasteiger partial charge on any atom is 0.314 e. The monoisotopic (exact) mass is 248 g/mol. The number of carboxylic acids is 1. The Balaban J connectivity index is 3.76. The molecule has 5 nitrogen and oxygen atoms in total. The Hall–Kier alpha value is -0.910. The van der Waals surface area contributed by atoms with E-state index >= 15 is 0 Å². The van der Waals surface area contributed by atoms with Gasteiger partial charge >= 0.3 is 12.0 Å². The second kappa shape index (κ2) is 8.27. The molecule has 0 fully saturated rings. The van der Waals surface area contributed by atoms with E-state index < -0.39 is 11.9 Å². The zero-order chi connectivity index (χ0) is 12.6. The second-order valence-electron chi connectivity index (χ2n) is 3.58. The first-order chi connectivity index (χ1) is 7.51. The Labute approximate surface area is 100 Å². The lowest BCUT2D eigenvalue weighted by Gasteiger charge is -2.13. The van der Waals surface area contributed by atoms with Crippen molar-refractivity contribution >= 4 is 23.8 Å². The molecule has 0 aliphatic heterocycles. The average molecular weight is 248 g/mol. The highest BCUT2D eigenvalue weighted by Gasteiger charge is 2.15. The molecule has 16 heavy (non-hydrogen) atoms. The lowest BCUT2D eigenvalue weighted by molar-refractivity contribution is -0.141. The molecule has 94 valence electrons. The van der Waals surface area contributed by atoms with Crippen LogP contribution in [0.1, 0.15) is 20.3 Å². The minimum atomic E-state index is -0.875. The molecule has 0 radical (unpaired) electrons. The third-order valence-electron chi connectivity index (χ3n) is 2.30. The third kappa shape index (κ3) is 6.55. The summed E-state index contributed by atoms with van der Waals surface area (Å²) < 4.78 is 0. The van der Waals surface area contributed by atoms with Crippen molar-refractivity contribution in [2.45, 2.75) is 25.5 Å². The topological polar surface area (TPSA) is 78.4 Å². The van der Waals surface area contributed by atoms with Gasteiger partial charge < -0.3 is 15.7 Å². The Morgan fingerprint density at radius 2 is 1.88 bits per heavy atom. The van der Waals surface area contributed by atoms with Crippen LogP contribution >= 0.6 is 11.8 Å². The van der Waals surface area contributed by atoms with Crippen molar-refractivity contribution in [3.8, 4) is 0 Å². The number of nitrogens with one attached hydrogen (secondary N) is 2. The first-order valence-electron chi connectivity index (χ1n) is 5.28. The van der Waals surface area contributed by atoms with Gasteiger partial charge in [0.15, 0.2) is 0 Å². The van der Waals surface area contributed by atoms with E-state index in [-0.39, 0.29) is 12.6 Å². The molecule has 3 N–H and O–H groups in total. The van der Waals surface area contributed by atoms with Gasteiger partial charge in [0, 0.05) is 18.3 Å². The number of aliphatic carboxylic acids is 1. The fraction of sp³-hybridized carbons (Fsp3) is 0.800. The van der Waals surface area contributed by atoms with Crippen LogP contribution in [0.2, 0.25) is 0 Å². The van der Waals surface area contributed by atoms with Gasteiger partial charge in [-0.2, -0.15) is 11.8 Å². The maximum atomic E-state index is 11.3. The Kier molecular flexibility index (Phi) is 7.80. The Bertz CT molecular complexity index is 236. The lowest BCUT2D eigenvalue weighted by atomic mass is 10.1. The molecule has 6 heteroatoms. The number of thioether (sulfide) groups is 1. The summed E-state index contributed by atoms with van der Waals surface area (Å²) in [6.07, 6.45) is 2.48. The number of carboxylic acid groups (broad SMARTS) is 1. The van der Waals surface area contributed by atoms with Gasteiger partial charge in [-0.05, 0) is 12.7 Å². The Morgan fingerprint density at radius 3 is 2.31 bits per heavy atom.